The fourth-order valence-corrected chi connectivity index (χ4v) is 4.13. The summed E-state index contributed by atoms with van der Waals surface area (Å²) in [5.41, 5.74) is 1.79. The maximum atomic E-state index is 12.9. The maximum Gasteiger partial charge on any atom is 0.349 e. The van der Waals surface area contributed by atoms with Crippen LogP contribution >= 0.6 is 11.3 Å². The van der Waals surface area contributed by atoms with Gasteiger partial charge in [0.2, 0.25) is 12.0 Å². The molecule has 0 radical (unpaired) electrons. The largest absolute Gasteiger partial charge is 0.494 e. The molecule has 2 heterocycles. The molecule has 1 fully saturated rings. The highest BCUT2D eigenvalue weighted by atomic mass is 32.1. The predicted octanol–water partition coefficient (Wildman–Crippen LogP) is 2.21. The van der Waals surface area contributed by atoms with Crippen LogP contribution < -0.4 is 14.9 Å². The molecule has 32 heavy (non-hydrogen) atoms. The van der Waals surface area contributed by atoms with Crippen molar-refractivity contribution in [1.29, 1.82) is 0 Å². The van der Waals surface area contributed by atoms with Gasteiger partial charge in [-0.15, -0.1) is 0 Å². The number of hydrogen-bond donors (Lipinski definition) is 3. The number of aromatic amines is 1. The van der Waals surface area contributed by atoms with E-state index in [4.69, 9.17) is 14.2 Å². The molecule has 0 spiro atoms. The first-order valence-electron chi connectivity index (χ1n) is 10.3. The first-order chi connectivity index (χ1) is 15.6. The molecule has 1 aliphatic rings. The SMILES string of the molecule is O=C(OCc1ccccc1)C(Oc1ccc(Cc2sc(=O)[nH]c2O)cc1)[C@@H]1COCCN1. The van der Waals surface area contributed by atoms with Gasteiger partial charge in [0.1, 0.15) is 12.4 Å². The lowest BCUT2D eigenvalue weighted by molar-refractivity contribution is -0.156. The average Bonchev–Trinajstić information content (AvgIpc) is 3.14. The Morgan fingerprint density at radius 2 is 1.94 bits per heavy atom. The number of carbonyl (C=O) groups is 1. The van der Waals surface area contributed by atoms with E-state index in [9.17, 15) is 14.7 Å². The number of nitrogens with one attached hydrogen (secondary N) is 2. The topological polar surface area (TPSA) is 110 Å². The van der Waals surface area contributed by atoms with Gasteiger partial charge in [-0.05, 0) is 23.3 Å². The Morgan fingerprint density at radius 1 is 1.16 bits per heavy atom. The van der Waals surface area contributed by atoms with E-state index in [1.807, 2.05) is 42.5 Å². The first kappa shape index (κ1) is 22.1. The molecule has 3 aromatic rings. The van der Waals surface area contributed by atoms with E-state index in [-0.39, 0.29) is 23.4 Å². The van der Waals surface area contributed by atoms with Crippen LogP contribution in [-0.2, 0) is 27.3 Å². The summed E-state index contributed by atoms with van der Waals surface area (Å²) in [5.74, 6) is -0.0675. The van der Waals surface area contributed by atoms with E-state index in [0.717, 1.165) is 22.5 Å². The molecule has 0 bridgehead atoms. The van der Waals surface area contributed by atoms with Gasteiger partial charge in [-0.1, -0.05) is 53.8 Å². The van der Waals surface area contributed by atoms with Crippen LogP contribution in [0.4, 0.5) is 0 Å². The molecule has 2 atom stereocenters. The molecule has 8 nitrogen and oxygen atoms in total. The van der Waals surface area contributed by atoms with Crippen molar-refractivity contribution in [3.8, 4) is 11.6 Å². The van der Waals surface area contributed by atoms with Crippen LogP contribution in [0.5, 0.6) is 11.6 Å². The second-order valence-corrected chi connectivity index (χ2v) is 8.44. The van der Waals surface area contributed by atoms with Crippen molar-refractivity contribution >= 4 is 17.3 Å². The predicted molar refractivity (Wildman–Crippen MR) is 119 cm³/mol. The van der Waals surface area contributed by atoms with Gasteiger partial charge in [-0.2, -0.15) is 0 Å². The van der Waals surface area contributed by atoms with Gasteiger partial charge in [-0.3, -0.25) is 9.78 Å². The Kier molecular flexibility index (Phi) is 7.21. The van der Waals surface area contributed by atoms with Crippen molar-refractivity contribution in [2.24, 2.45) is 0 Å². The second-order valence-electron chi connectivity index (χ2n) is 7.37. The molecule has 0 amide bonds. The molecule has 9 heteroatoms. The van der Waals surface area contributed by atoms with Gasteiger partial charge in [0.15, 0.2) is 0 Å². The Labute approximate surface area is 188 Å². The molecule has 168 valence electrons. The van der Waals surface area contributed by atoms with E-state index in [2.05, 4.69) is 10.3 Å². The summed E-state index contributed by atoms with van der Waals surface area (Å²) in [6.07, 6.45) is -0.459. The minimum atomic E-state index is -0.871. The highest BCUT2D eigenvalue weighted by molar-refractivity contribution is 7.09. The van der Waals surface area contributed by atoms with Crippen molar-refractivity contribution in [2.45, 2.75) is 25.2 Å². The van der Waals surface area contributed by atoms with Crippen molar-refractivity contribution < 1.29 is 24.1 Å². The normalized spacial score (nSPS) is 16.9. The number of aromatic nitrogens is 1. The Morgan fingerprint density at radius 3 is 2.59 bits per heavy atom. The molecule has 1 unspecified atom stereocenters. The lowest BCUT2D eigenvalue weighted by Gasteiger charge is -2.30. The fraction of sp³-hybridized carbons (Fsp3) is 0.304. The quantitative estimate of drug-likeness (QED) is 0.446. The maximum absolute atomic E-state index is 12.9. The number of esters is 1. The van der Waals surface area contributed by atoms with E-state index in [1.165, 1.54) is 0 Å². The number of thiazole rings is 1. The number of rotatable bonds is 8. The van der Waals surface area contributed by atoms with Crippen molar-refractivity contribution in [3.05, 3.63) is 80.3 Å². The highest BCUT2D eigenvalue weighted by Gasteiger charge is 2.33. The summed E-state index contributed by atoms with van der Waals surface area (Å²) in [6, 6.07) is 16.3. The van der Waals surface area contributed by atoms with E-state index in [1.54, 1.807) is 12.1 Å². The van der Waals surface area contributed by atoms with Gasteiger partial charge >= 0.3 is 10.8 Å². The van der Waals surface area contributed by atoms with Crippen molar-refractivity contribution in [3.63, 3.8) is 0 Å². The van der Waals surface area contributed by atoms with Crippen LogP contribution in [0, 0.1) is 0 Å². The van der Waals surface area contributed by atoms with Gasteiger partial charge < -0.3 is 24.6 Å². The summed E-state index contributed by atoms with van der Waals surface area (Å²) in [7, 11) is 0. The van der Waals surface area contributed by atoms with Crippen molar-refractivity contribution in [1.82, 2.24) is 10.3 Å². The van der Waals surface area contributed by atoms with Crippen LogP contribution in [0.25, 0.3) is 0 Å². The third-order valence-electron chi connectivity index (χ3n) is 5.02. The molecular formula is C23H24N2O6S. The zero-order valence-corrected chi connectivity index (χ0v) is 18.1. The summed E-state index contributed by atoms with van der Waals surface area (Å²) in [4.78, 5) is 26.9. The van der Waals surface area contributed by atoms with E-state index >= 15 is 0 Å². The first-order valence-corrected chi connectivity index (χ1v) is 11.1. The Balaban J connectivity index is 1.43. The smallest absolute Gasteiger partial charge is 0.349 e. The van der Waals surface area contributed by atoms with Gasteiger partial charge in [-0.25, -0.2) is 4.79 Å². The molecular weight excluding hydrogens is 432 g/mol. The van der Waals surface area contributed by atoms with Crippen LogP contribution in [0.15, 0.2) is 59.4 Å². The summed E-state index contributed by atoms with van der Waals surface area (Å²) in [5, 5.41) is 13.0. The molecule has 3 N–H and O–H groups in total. The molecule has 1 aliphatic heterocycles. The number of aromatic hydroxyl groups is 1. The number of benzene rings is 2. The number of ether oxygens (including phenoxy) is 3. The number of carbonyl (C=O) groups excluding carboxylic acids is 1. The molecule has 2 aromatic carbocycles. The van der Waals surface area contributed by atoms with Gasteiger partial charge in [0.05, 0.1) is 24.1 Å². The number of morpholine rings is 1. The van der Waals surface area contributed by atoms with Crippen LogP contribution in [0.3, 0.4) is 0 Å². The van der Waals surface area contributed by atoms with Gasteiger partial charge in [0, 0.05) is 13.0 Å². The summed E-state index contributed by atoms with van der Waals surface area (Å²) >= 11 is 0.975. The summed E-state index contributed by atoms with van der Waals surface area (Å²) in [6.45, 7) is 1.71. The van der Waals surface area contributed by atoms with E-state index in [0.29, 0.717) is 36.8 Å². The Bertz CT molecular complexity index is 1070. The minimum Gasteiger partial charge on any atom is -0.494 e. The lowest BCUT2D eigenvalue weighted by Crippen LogP contribution is -2.54. The average molecular weight is 457 g/mol. The standard InChI is InChI=1S/C23H24N2O6S/c26-21-19(32-23(28)25-21)12-15-6-8-17(9-7-15)31-20(18-14-29-11-10-24-18)22(27)30-13-16-4-2-1-3-5-16/h1-9,18,20,24,26H,10-14H2,(H,25,28)/t18-,20?/m0/s1. The zero-order valence-electron chi connectivity index (χ0n) is 17.3. The number of hydrogen-bond acceptors (Lipinski definition) is 8. The zero-order chi connectivity index (χ0) is 22.3. The van der Waals surface area contributed by atoms with Crippen LogP contribution in [0.1, 0.15) is 16.0 Å². The van der Waals surface area contributed by atoms with Crippen molar-refractivity contribution in [2.75, 3.05) is 19.8 Å². The second kappa shape index (κ2) is 10.4. The number of H-pyrrole nitrogens is 1. The lowest BCUT2D eigenvalue weighted by atomic mass is 10.1. The Hall–Kier alpha value is -3.14. The molecule has 0 aliphatic carbocycles. The molecule has 1 saturated heterocycles. The molecule has 1 aromatic heterocycles. The summed E-state index contributed by atoms with van der Waals surface area (Å²) < 4.78 is 17.0. The molecule has 4 rings (SSSR count). The van der Waals surface area contributed by atoms with Gasteiger partial charge in [0.25, 0.3) is 0 Å². The van der Waals surface area contributed by atoms with Crippen LogP contribution in [0.2, 0.25) is 0 Å². The fourth-order valence-electron chi connectivity index (χ4n) is 3.38. The highest BCUT2D eigenvalue weighted by Crippen LogP contribution is 2.23. The molecule has 0 saturated carbocycles. The van der Waals surface area contributed by atoms with Crippen LogP contribution in [-0.4, -0.2) is 48.0 Å². The minimum absolute atomic E-state index is 0.107. The third kappa shape index (κ3) is 5.76. The van der Waals surface area contributed by atoms with E-state index < -0.39 is 12.1 Å². The third-order valence-corrected chi connectivity index (χ3v) is 5.90. The monoisotopic (exact) mass is 456 g/mol.